The van der Waals surface area contributed by atoms with Gasteiger partial charge in [0, 0.05) is 29.9 Å². The zero-order chi connectivity index (χ0) is 18.6. The molecule has 0 saturated carbocycles. The number of rotatable bonds is 5. The molecule has 4 nitrogen and oxygen atoms in total. The van der Waals surface area contributed by atoms with Gasteiger partial charge in [0.25, 0.3) is 0 Å². The van der Waals surface area contributed by atoms with E-state index >= 15 is 0 Å². The van der Waals surface area contributed by atoms with E-state index in [9.17, 15) is 13.2 Å². The van der Waals surface area contributed by atoms with Crippen molar-refractivity contribution < 1.29 is 17.9 Å². The number of benzene rings is 2. The van der Waals surface area contributed by atoms with Crippen molar-refractivity contribution >= 4 is 5.69 Å². The number of piperidine rings is 1. The van der Waals surface area contributed by atoms with Gasteiger partial charge in [-0.25, -0.2) is 0 Å². The molecule has 7 heteroatoms. The van der Waals surface area contributed by atoms with Gasteiger partial charge < -0.3 is 21.1 Å². The summed E-state index contributed by atoms with van der Waals surface area (Å²) in [6.07, 6.45) is -2.79. The fourth-order valence-electron chi connectivity index (χ4n) is 3.32. The Morgan fingerprint density at radius 1 is 1.15 bits per heavy atom. The van der Waals surface area contributed by atoms with Crippen molar-refractivity contribution in [1.29, 1.82) is 0 Å². The third-order valence-corrected chi connectivity index (χ3v) is 4.48. The Bertz CT molecular complexity index is 722. The molecule has 0 aliphatic carbocycles. The quantitative estimate of drug-likeness (QED) is 0.707. The first-order valence-electron chi connectivity index (χ1n) is 8.58. The summed E-state index contributed by atoms with van der Waals surface area (Å²) in [7, 11) is 0. The van der Waals surface area contributed by atoms with Crippen molar-refractivity contribution in [3.05, 3.63) is 59.7 Å². The molecule has 0 aromatic heterocycles. The second kappa shape index (κ2) is 7.97. The molecular weight excluding hydrogens is 343 g/mol. The van der Waals surface area contributed by atoms with Crippen LogP contribution in [-0.4, -0.2) is 18.9 Å². The Morgan fingerprint density at radius 3 is 2.65 bits per heavy atom. The normalized spacial score (nSPS) is 20.7. The first-order valence-corrected chi connectivity index (χ1v) is 8.58. The van der Waals surface area contributed by atoms with E-state index in [1.807, 2.05) is 18.2 Å². The molecule has 3 rings (SSSR count). The largest absolute Gasteiger partial charge is 0.573 e. The minimum absolute atomic E-state index is 0.103. The third-order valence-electron chi connectivity index (χ3n) is 4.48. The summed E-state index contributed by atoms with van der Waals surface area (Å²) in [5, 5.41) is 6.86. The molecule has 2 atom stereocenters. The molecule has 0 amide bonds. The van der Waals surface area contributed by atoms with E-state index in [0.717, 1.165) is 24.9 Å². The summed E-state index contributed by atoms with van der Waals surface area (Å²) in [6.45, 7) is 1.16. The number of anilines is 1. The zero-order valence-corrected chi connectivity index (χ0v) is 14.2. The maximum Gasteiger partial charge on any atom is 0.573 e. The third kappa shape index (κ3) is 4.89. The highest BCUT2D eigenvalue weighted by molar-refractivity contribution is 5.48. The van der Waals surface area contributed by atoms with Gasteiger partial charge in [0.2, 0.25) is 0 Å². The second-order valence-electron chi connectivity index (χ2n) is 6.39. The maximum absolute atomic E-state index is 12.6. The number of alkyl halides is 3. The molecule has 0 unspecified atom stereocenters. The van der Waals surface area contributed by atoms with E-state index in [-0.39, 0.29) is 24.4 Å². The fraction of sp³-hybridized carbons (Fsp3) is 0.368. The molecule has 26 heavy (non-hydrogen) atoms. The predicted octanol–water partition coefficient (Wildman–Crippen LogP) is 3.75. The summed E-state index contributed by atoms with van der Waals surface area (Å²) in [4.78, 5) is 0. The molecule has 0 radical (unpaired) electrons. The highest BCUT2D eigenvalue weighted by Crippen LogP contribution is 2.29. The lowest BCUT2D eigenvalue weighted by molar-refractivity contribution is -0.274. The SMILES string of the molecule is Nc1ccc(OC(F)(F)F)c(CN[C@H]2CCCN[C@H]2c2ccccc2)c1. The van der Waals surface area contributed by atoms with Crippen molar-refractivity contribution in [2.45, 2.75) is 37.8 Å². The molecule has 0 bridgehead atoms. The average molecular weight is 365 g/mol. The van der Waals surface area contributed by atoms with Crippen molar-refractivity contribution in [3.63, 3.8) is 0 Å². The van der Waals surface area contributed by atoms with Crippen molar-refractivity contribution in [2.75, 3.05) is 12.3 Å². The molecule has 1 fully saturated rings. The summed E-state index contributed by atoms with van der Waals surface area (Å²) >= 11 is 0. The molecule has 1 aliphatic rings. The number of hydrogen-bond acceptors (Lipinski definition) is 4. The highest BCUT2D eigenvalue weighted by Gasteiger charge is 2.32. The standard InChI is InChI=1S/C19H22F3N3O/c20-19(21,22)26-17-9-8-15(23)11-14(17)12-25-16-7-4-10-24-18(16)13-5-2-1-3-6-13/h1-3,5-6,8-9,11,16,18,24-25H,4,7,10,12,23H2/t16-,18-/m0/s1. The Kier molecular flexibility index (Phi) is 5.68. The van der Waals surface area contributed by atoms with Crippen molar-refractivity contribution in [2.24, 2.45) is 0 Å². The van der Waals surface area contributed by atoms with E-state index in [1.54, 1.807) is 0 Å². The van der Waals surface area contributed by atoms with E-state index in [4.69, 9.17) is 5.73 Å². The fourth-order valence-corrected chi connectivity index (χ4v) is 3.32. The molecule has 2 aromatic rings. The molecular formula is C19H22F3N3O. The van der Waals surface area contributed by atoms with Gasteiger partial charge in [0.1, 0.15) is 5.75 Å². The monoisotopic (exact) mass is 365 g/mol. The van der Waals surface area contributed by atoms with E-state index in [2.05, 4.69) is 27.5 Å². The summed E-state index contributed by atoms with van der Waals surface area (Å²) in [5.74, 6) is -0.223. The van der Waals surface area contributed by atoms with Gasteiger partial charge in [-0.15, -0.1) is 13.2 Å². The van der Waals surface area contributed by atoms with Gasteiger partial charge in [0.05, 0.1) is 0 Å². The van der Waals surface area contributed by atoms with Crippen LogP contribution in [0, 0.1) is 0 Å². The minimum Gasteiger partial charge on any atom is -0.405 e. The minimum atomic E-state index is -4.73. The van der Waals surface area contributed by atoms with E-state index in [0.29, 0.717) is 11.3 Å². The van der Waals surface area contributed by atoms with Crippen LogP contribution in [0.4, 0.5) is 18.9 Å². The Labute approximate surface area is 150 Å². The van der Waals surface area contributed by atoms with Crippen LogP contribution < -0.4 is 21.1 Å². The van der Waals surface area contributed by atoms with Gasteiger partial charge in [0.15, 0.2) is 0 Å². The number of ether oxygens (including phenoxy) is 1. The predicted molar refractivity (Wildman–Crippen MR) is 94.6 cm³/mol. The Hall–Kier alpha value is -2.25. The number of nitrogen functional groups attached to an aromatic ring is 1. The second-order valence-corrected chi connectivity index (χ2v) is 6.39. The first-order chi connectivity index (χ1) is 12.4. The summed E-state index contributed by atoms with van der Waals surface area (Å²) < 4.78 is 42.0. The van der Waals surface area contributed by atoms with E-state index < -0.39 is 6.36 Å². The summed E-state index contributed by atoms with van der Waals surface area (Å²) in [5.41, 5.74) is 7.69. The number of halogens is 3. The van der Waals surface area contributed by atoms with Crippen LogP contribution in [0.2, 0.25) is 0 Å². The van der Waals surface area contributed by atoms with Gasteiger partial charge in [-0.1, -0.05) is 30.3 Å². The molecule has 140 valence electrons. The van der Waals surface area contributed by atoms with Crippen LogP contribution in [0.3, 0.4) is 0 Å². The molecule has 4 N–H and O–H groups in total. The van der Waals surface area contributed by atoms with Gasteiger partial charge >= 0.3 is 6.36 Å². The lowest BCUT2D eigenvalue weighted by Gasteiger charge is -2.34. The highest BCUT2D eigenvalue weighted by atomic mass is 19.4. The molecule has 1 aliphatic heterocycles. The van der Waals surface area contributed by atoms with Crippen LogP contribution in [0.15, 0.2) is 48.5 Å². The number of nitrogens with two attached hydrogens (primary N) is 1. The topological polar surface area (TPSA) is 59.3 Å². The average Bonchev–Trinajstić information content (AvgIpc) is 2.62. The van der Waals surface area contributed by atoms with Gasteiger partial charge in [-0.2, -0.15) is 0 Å². The summed E-state index contributed by atoms with van der Waals surface area (Å²) in [6, 6.07) is 14.4. The van der Waals surface area contributed by atoms with Crippen molar-refractivity contribution in [1.82, 2.24) is 10.6 Å². The van der Waals surface area contributed by atoms with Crippen LogP contribution in [0.1, 0.15) is 30.0 Å². The molecule has 1 heterocycles. The van der Waals surface area contributed by atoms with Gasteiger partial charge in [-0.3, -0.25) is 0 Å². The van der Waals surface area contributed by atoms with Crippen molar-refractivity contribution in [3.8, 4) is 5.75 Å². The van der Waals surface area contributed by atoms with E-state index in [1.165, 1.54) is 18.2 Å². The lowest BCUT2D eigenvalue weighted by Crippen LogP contribution is -2.45. The molecule has 2 aromatic carbocycles. The lowest BCUT2D eigenvalue weighted by atomic mass is 9.92. The Balaban J connectivity index is 1.74. The molecule has 1 saturated heterocycles. The number of nitrogens with one attached hydrogen (secondary N) is 2. The smallest absolute Gasteiger partial charge is 0.405 e. The van der Waals surface area contributed by atoms with Crippen LogP contribution in [0.5, 0.6) is 5.75 Å². The number of hydrogen-bond donors (Lipinski definition) is 3. The first kappa shape index (κ1) is 18.5. The van der Waals surface area contributed by atoms with Gasteiger partial charge in [-0.05, 0) is 43.1 Å². The van der Waals surface area contributed by atoms with Crippen LogP contribution in [0.25, 0.3) is 0 Å². The maximum atomic E-state index is 12.6. The van der Waals surface area contributed by atoms with Crippen LogP contribution >= 0.6 is 0 Å². The van der Waals surface area contributed by atoms with Crippen LogP contribution in [-0.2, 0) is 6.54 Å². The molecule has 0 spiro atoms. The zero-order valence-electron chi connectivity index (χ0n) is 14.2. The Morgan fingerprint density at radius 2 is 1.92 bits per heavy atom.